The first-order chi connectivity index (χ1) is 11.0. The van der Waals surface area contributed by atoms with Crippen LogP contribution in [-0.4, -0.2) is 13.4 Å². The Morgan fingerprint density at radius 3 is 2.61 bits per heavy atom. The van der Waals surface area contributed by atoms with Gasteiger partial charge in [-0.05, 0) is 23.8 Å². The summed E-state index contributed by atoms with van der Waals surface area (Å²) < 4.78 is 42.6. The molecule has 1 atom stereocenters. The Bertz CT molecular complexity index is 1000. The molecular weight excluding hydrogens is 317 g/mol. The molecule has 116 valence electrons. The third kappa shape index (κ3) is 2.43. The number of halogens is 1. The van der Waals surface area contributed by atoms with Gasteiger partial charge in [-0.15, -0.1) is 0 Å². The van der Waals surface area contributed by atoms with Gasteiger partial charge in [0.25, 0.3) is 10.2 Å². The fourth-order valence-corrected chi connectivity index (χ4v) is 3.91. The largest absolute Gasteiger partial charge is 0.300 e. The monoisotopic (exact) mass is 329 g/mol. The van der Waals surface area contributed by atoms with Crippen molar-refractivity contribution in [1.82, 2.24) is 9.71 Å². The third-order valence-electron chi connectivity index (χ3n) is 3.83. The van der Waals surface area contributed by atoms with Crippen molar-refractivity contribution < 1.29 is 12.8 Å². The summed E-state index contributed by atoms with van der Waals surface area (Å²) in [7, 11) is -3.73. The standard InChI is InChI=1S/C16H12FN3O2S/c17-12-6-3-11(4-7-12)14-13-8-5-10-2-1-9-18-15(10)16(13)20-23(21,22)19-14/h1-9,14,19-20H. The second-order valence-electron chi connectivity index (χ2n) is 5.31. The number of aromatic nitrogens is 1. The zero-order valence-corrected chi connectivity index (χ0v) is 12.6. The number of fused-ring (bicyclic) bond motifs is 3. The van der Waals surface area contributed by atoms with E-state index in [2.05, 4.69) is 14.4 Å². The summed E-state index contributed by atoms with van der Waals surface area (Å²) in [6, 6.07) is 12.6. The highest BCUT2D eigenvalue weighted by Gasteiger charge is 2.31. The fraction of sp³-hybridized carbons (Fsp3) is 0.0625. The number of nitrogens with zero attached hydrogens (tertiary/aromatic N) is 1. The third-order valence-corrected chi connectivity index (χ3v) is 4.85. The van der Waals surface area contributed by atoms with E-state index in [-0.39, 0.29) is 5.82 Å². The molecule has 0 spiro atoms. The van der Waals surface area contributed by atoms with E-state index in [4.69, 9.17) is 0 Å². The van der Waals surface area contributed by atoms with Crippen molar-refractivity contribution in [3.05, 3.63) is 71.7 Å². The maximum atomic E-state index is 13.1. The summed E-state index contributed by atoms with van der Waals surface area (Å²) in [5, 5.41) is 0.841. The Morgan fingerprint density at radius 1 is 1.04 bits per heavy atom. The van der Waals surface area contributed by atoms with Crippen molar-refractivity contribution in [3.8, 4) is 0 Å². The van der Waals surface area contributed by atoms with E-state index in [9.17, 15) is 12.8 Å². The Labute approximate surface area is 132 Å². The molecule has 0 bridgehead atoms. The lowest BCUT2D eigenvalue weighted by Crippen LogP contribution is -2.39. The number of pyridine rings is 1. The molecule has 0 radical (unpaired) electrons. The molecule has 23 heavy (non-hydrogen) atoms. The van der Waals surface area contributed by atoms with Gasteiger partial charge in [0, 0.05) is 17.1 Å². The van der Waals surface area contributed by atoms with Gasteiger partial charge in [-0.2, -0.15) is 13.1 Å². The number of hydrogen-bond donors (Lipinski definition) is 2. The smallest absolute Gasteiger partial charge is 0.268 e. The first kappa shape index (κ1) is 14.1. The van der Waals surface area contributed by atoms with Crippen LogP contribution in [-0.2, 0) is 10.2 Å². The van der Waals surface area contributed by atoms with Crippen LogP contribution in [0.4, 0.5) is 10.1 Å². The maximum Gasteiger partial charge on any atom is 0.300 e. The van der Waals surface area contributed by atoms with E-state index in [1.54, 1.807) is 24.4 Å². The lowest BCUT2D eigenvalue weighted by molar-refractivity contribution is 0.573. The van der Waals surface area contributed by atoms with Crippen molar-refractivity contribution in [2.45, 2.75) is 6.04 Å². The van der Waals surface area contributed by atoms with Gasteiger partial charge >= 0.3 is 0 Å². The van der Waals surface area contributed by atoms with Gasteiger partial charge in [0.05, 0.1) is 17.2 Å². The first-order valence-electron chi connectivity index (χ1n) is 6.97. The second-order valence-corrected chi connectivity index (χ2v) is 6.76. The van der Waals surface area contributed by atoms with E-state index >= 15 is 0 Å². The molecule has 0 fully saturated rings. The van der Waals surface area contributed by atoms with Gasteiger partial charge in [-0.3, -0.25) is 9.71 Å². The Morgan fingerprint density at radius 2 is 1.83 bits per heavy atom. The minimum Gasteiger partial charge on any atom is -0.268 e. The highest BCUT2D eigenvalue weighted by atomic mass is 32.2. The normalized spacial score (nSPS) is 19.1. The predicted molar refractivity (Wildman–Crippen MR) is 85.7 cm³/mol. The minimum absolute atomic E-state index is 0.369. The summed E-state index contributed by atoms with van der Waals surface area (Å²) in [6.45, 7) is 0. The lowest BCUT2D eigenvalue weighted by atomic mass is 9.96. The molecule has 2 heterocycles. The average molecular weight is 329 g/mol. The Balaban J connectivity index is 1.97. The van der Waals surface area contributed by atoms with Crippen LogP contribution in [0.5, 0.6) is 0 Å². The van der Waals surface area contributed by atoms with Crippen LogP contribution in [0, 0.1) is 5.82 Å². The number of nitrogens with one attached hydrogen (secondary N) is 2. The van der Waals surface area contributed by atoms with Crippen molar-refractivity contribution in [2.24, 2.45) is 0 Å². The summed E-state index contributed by atoms with van der Waals surface area (Å²) in [5.74, 6) is -0.369. The number of rotatable bonds is 1. The molecular formula is C16H12FN3O2S. The highest BCUT2D eigenvalue weighted by molar-refractivity contribution is 7.90. The van der Waals surface area contributed by atoms with Gasteiger partial charge in [0.1, 0.15) is 5.82 Å². The van der Waals surface area contributed by atoms with E-state index in [0.29, 0.717) is 16.8 Å². The molecule has 1 aliphatic heterocycles. The van der Waals surface area contributed by atoms with Crippen LogP contribution in [0.15, 0.2) is 54.7 Å². The van der Waals surface area contributed by atoms with Crippen molar-refractivity contribution in [2.75, 3.05) is 4.72 Å². The molecule has 0 aliphatic carbocycles. The molecule has 2 aromatic carbocycles. The molecule has 1 aliphatic rings. The zero-order valence-electron chi connectivity index (χ0n) is 11.8. The van der Waals surface area contributed by atoms with E-state index < -0.39 is 16.3 Å². The van der Waals surface area contributed by atoms with E-state index in [0.717, 1.165) is 10.9 Å². The Hall–Kier alpha value is -2.51. The van der Waals surface area contributed by atoms with Crippen LogP contribution in [0.1, 0.15) is 17.2 Å². The number of benzene rings is 2. The summed E-state index contributed by atoms with van der Waals surface area (Å²) in [5.41, 5.74) is 2.45. The molecule has 5 nitrogen and oxygen atoms in total. The van der Waals surface area contributed by atoms with Crippen LogP contribution in [0.2, 0.25) is 0 Å². The lowest BCUT2D eigenvalue weighted by Gasteiger charge is -2.28. The van der Waals surface area contributed by atoms with Crippen LogP contribution >= 0.6 is 0 Å². The topological polar surface area (TPSA) is 71.1 Å². The maximum absolute atomic E-state index is 13.1. The van der Waals surface area contributed by atoms with Gasteiger partial charge in [-0.25, -0.2) is 4.39 Å². The summed E-state index contributed by atoms with van der Waals surface area (Å²) >= 11 is 0. The number of anilines is 1. The number of hydrogen-bond acceptors (Lipinski definition) is 3. The van der Waals surface area contributed by atoms with E-state index in [1.165, 1.54) is 12.1 Å². The molecule has 0 amide bonds. The molecule has 3 aromatic rings. The van der Waals surface area contributed by atoms with Gasteiger partial charge in [-0.1, -0.05) is 30.3 Å². The average Bonchev–Trinajstić information content (AvgIpc) is 2.54. The highest BCUT2D eigenvalue weighted by Crippen LogP contribution is 2.37. The minimum atomic E-state index is -3.73. The van der Waals surface area contributed by atoms with Crippen molar-refractivity contribution in [3.63, 3.8) is 0 Å². The Kier molecular flexibility index (Phi) is 3.07. The fourth-order valence-electron chi connectivity index (χ4n) is 2.79. The summed E-state index contributed by atoms with van der Waals surface area (Å²) in [4.78, 5) is 4.29. The molecule has 4 rings (SSSR count). The second kappa shape index (κ2) is 5.00. The SMILES string of the molecule is O=S1(=O)Nc2c(ccc3cccnc23)C(c2ccc(F)cc2)N1. The molecule has 7 heteroatoms. The van der Waals surface area contributed by atoms with Crippen molar-refractivity contribution >= 4 is 26.8 Å². The van der Waals surface area contributed by atoms with Gasteiger partial charge < -0.3 is 0 Å². The molecule has 0 saturated heterocycles. The first-order valence-corrected chi connectivity index (χ1v) is 8.45. The van der Waals surface area contributed by atoms with Gasteiger partial charge in [0.2, 0.25) is 0 Å². The predicted octanol–water partition coefficient (Wildman–Crippen LogP) is 2.72. The van der Waals surface area contributed by atoms with Crippen LogP contribution in [0.3, 0.4) is 0 Å². The van der Waals surface area contributed by atoms with Crippen LogP contribution < -0.4 is 9.44 Å². The molecule has 0 saturated carbocycles. The van der Waals surface area contributed by atoms with Crippen LogP contribution in [0.25, 0.3) is 10.9 Å². The quantitative estimate of drug-likeness (QED) is 0.721. The zero-order chi connectivity index (χ0) is 16.0. The van der Waals surface area contributed by atoms with Gasteiger partial charge in [0.15, 0.2) is 0 Å². The van der Waals surface area contributed by atoms with Crippen molar-refractivity contribution in [1.29, 1.82) is 0 Å². The summed E-state index contributed by atoms with van der Waals surface area (Å²) in [6.07, 6.45) is 1.62. The molecule has 2 N–H and O–H groups in total. The van der Waals surface area contributed by atoms with E-state index in [1.807, 2.05) is 18.2 Å². The molecule has 1 unspecified atom stereocenters. The molecule has 1 aromatic heterocycles.